The first-order valence-electron chi connectivity index (χ1n) is 6.90. The normalized spacial score (nSPS) is 24.1. The standard InChI is InChI=1S/C17H24O2.Zr/c1-14-10-17(12-18-2,13-19-3)11-16(14)9-15-7-5-4-6-8-15;/h4-9,14,16H,1,10-13H2,2-3H3;/q-2;+2/t14-,16-;/m0./s1. The molecule has 0 aliphatic heterocycles. The monoisotopic (exact) mass is 350 g/mol. The average molecular weight is 352 g/mol. The quantitative estimate of drug-likeness (QED) is 0.732. The predicted molar refractivity (Wildman–Crippen MR) is 77.6 cm³/mol. The van der Waals surface area contributed by atoms with Crippen LogP contribution in [0.4, 0.5) is 0 Å². The number of rotatable bonds is 6. The molecule has 20 heavy (non-hydrogen) atoms. The van der Waals surface area contributed by atoms with E-state index in [1.807, 2.05) is 6.07 Å². The van der Waals surface area contributed by atoms with E-state index in [0.717, 1.165) is 26.1 Å². The summed E-state index contributed by atoms with van der Waals surface area (Å²) in [6.07, 6.45) is 4.52. The van der Waals surface area contributed by atoms with Crippen molar-refractivity contribution in [3.63, 3.8) is 0 Å². The van der Waals surface area contributed by atoms with Crippen LogP contribution in [-0.4, -0.2) is 27.4 Å². The second-order valence-electron chi connectivity index (χ2n) is 5.78. The van der Waals surface area contributed by atoms with Crippen molar-refractivity contribution in [3.05, 3.63) is 49.2 Å². The molecule has 1 aromatic rings. The van der Waals surface area contributed by atoms with E-state index in [9.17, 15) is 0 Å². The Morgan fingerprint density at radius 2 is 1.75 bits per heavy atom. The molecule has 0 heterocycles. The maximum Gasteiger partial charge on any atom is 2.00 e. The van der Waals surface area contributed by atoms with Gasteiger partial charge in [-0.1, -0.05) is 18.4 Å². The van der Waals surface area contributed by atoms with E-state index in [0.29, 0.717) is 11.8 Å². The van der Waals surface area contributed by atoms with Gasteiger partial charge >= 0.3 is 26.2 Å². The van der Waals surface area contributed by atoms with E-state index in [-0.39, 0.29) is 31.6 Å². The summed E-state index contributed by atoms with van der Waals surface area (Å²) in [5, 5.41) is 0. The molecule has 0 spiro atoms. The Morgan fingerprint density at radius 1 is 1.15 bits per heavy atom. The summed E-state index contributed by atoms with van der Waals surface area (Å²) in [5.41, 5.74) is 1.41. The molecule has 1 aliphatic rings. The molecular formula is C17H24O2Zr. The Morgan fingerprint density at radius 3 is 2.30 bits per heavy atom. The van der Waals surface area contributed by atoms with Gasteiger partial charge in [-0.3, -0.25) is 0 Å². The molecule has 0 saturated heterocycles. The van der Waals surface area contributed by atoms with E-state index >= 15 is 0 Å². The zero-order chi connectivity index (χ0) is 13.7. The molecule has 0 amide bonds. The smallest absolute Gasteiger partial charge is 0.384 e. The van der Waals surface area contributed by atoms with Crippen molar-refractivity contribution in [2.45, 2.75) is 12.8 Å². The minimum Gasteiger partial charge on any atom is -0.384 e. The number of hydrogen-bond acceptors (Lipinski definition) is 2. The van der Waals surface area contributed by atoms with Crippen molar-refractivity contribution in [1.82, 2.24) is 0 Å². The van der Waals surface area contributed by atoms with Crippen molar-refractivity contribution in [1.29, 1.82) is 0 Å². The van der Waals surface area contributed by atoms with Crippen molar-refractivity contribution < 1.29 is 35.7 Å². The van der Waals surface area contributed by atoms with Crippen LogP contribution in [0.5, 0.6) is 0 Å². The van der Waals surface area contributed by atoms with E-state index in [1.54, 1.807) is 14.2 Å². The van der Waals surface area contributed by atoms with Crippen LogP contribution in [0.3, 0.4) is 0 Å². The fourth-order valence-electron chi connectivity index (χ4n) is 3.35. The molecule has 2 nitrogen and oxygen atoms in total. The second-order valence-corrected chi connectivity index (χ2v) is 5.78. The zero-order valence-electron chi connectivity index (χ0n) is 12.5. The molecule has 0 radical (unpaired) electrons. The molecule has 1 saturated carbocycles. The van der Waals surface area contributed by atoms with Crippen molar-refractivity contribution >= 4 is 0 Å². The van der Waals surface area contributed by atoms with Gasteiger partial charge in [0.05, 0.1) is 13.2 Å². The third-order valence-electron chi connectivity index (χ3n) is 4.08. The first-order valence-corrected chi connectivity index (χ1v) is 6.90. The molecule has 1 aromatic carbocycles. The Balaban J connectivity index is 0.00000200. The fraction of sp³-hybridized carbons (Fsp3) is 0.529. The largest absolute Gasteiger partial charge is 2.00 e. The Bertz CT molecular complexity index is 374. The van der Waals surface area contributed by atoms with Crippen LogP contribution in [0, 0.1) is 30.6 Å². The van der Waals surface area contributed by atoms with Gasteiger partial charge in [-0.2, -0.15) is 30.0 Å². The predicted octanol–water partition coefficient (Wildman–Crippen LogP) is 3.38. The van der Waals surface area contributed by atoms with Gasteiger partial charge in [-0.05, 0) is 6.42 Å². The summed E-state index contributed by atoms with van der Waals surface area (Å²) < 4.78 is 10.8. The molecular weight excluding hydrogens is 327 g/mol. The van der Waals surface area contributed by atoms with E-state index in [1.165, 1.54) is 5.56 Å². The summed E-state index contributed by atoms with van der Waals surface area (Å²) in [5.74, 6) is 0.943. The Labute approximate surface area is 142 Å². The van der Waals surface area contributed by atoms with Gasteiger partial charge in [0.25, 0.3) is 0 Å². The van der Waals surface area contributed by atoms with Gasteiger partial charge in [-0.25, -0.2) is 0 Å². The van der Waals surface area contributed by atoms with E-state index in [2.05, 4.69) is 37.6 Å². The van der Waals surface area contributed by atoms with Gasteiger partial charge in [0.2, 0.25) is 0 Å². The zero-order valence-corrected chi connectivity index (χ0v) is 14.9. The second kappa shape index (κ2) is 8.36. The van der Waals surface area contributed by atoms with Crippen molar-refractivity contribution in [2.24, 2.45) is 17.3 Å². The van der Waals surface area contributed by atoms with Crippen LogP contribution in [0.15, 0.2) is 30.3 Å². The van der Waals surface area contributed by atoms with Crippen LogP contribution < -0.4 is 0 Å². The molecule has 2 atom stereocenters. The van der Waals surface area contributed by atoms with Crippen molar-refractivity contribution in [2.75, 3.05) is 27.4 Å². The summed E-state index contributed by atoms with van der Waals surface area (Å²) in [7, 11) is 3.54. The summed E-state index contributed by atoms with van der Waals surface area (Å²) >= 11 is 0. The number of ether oxygens (including phenoxy) is 2. The minimum atomic E-state index is 0. The molecule has 0 N–H and O–H groups in total. The third kappa shape index (κ3) is 4.45. The van der Waals surface area contributed by atoms with Gasteiger partial charge in [-0.15, -0.1) is 12.1 Å². The summed E-state index contributed by atoms with van der Waals surface area (Å²) in [4.78, 5) is 0. The van der Waals surface area contributed by atoms with Gasteiger partial charge in [0.15, 0.2) is 0 Å². The van der Waals surface area contributed by atoms with Crippen LogP contribution >= 0.6 is 0 Å². The number of methoxy groups -OCH3 is 2. The first-order chi connectivity index (χ1) is 9.19. The average Bonchev–Trinajstić information content (AvgIpc) is 2.68. The molecule has 1 fully saturated rings. The third-order valence-corrected chi connectivity index (χ3v) is 4.08. The van der Waals surface area contributed by atoms with Crippen molar-refractivity contribution in [3.8, 4) is 0 Å². The van der Waals surface area contributed by atoms with Crippen LogP contribution in [0.25, 0.3) is 0 Å². The van der Waals surface area contributed by atoms with Gasteiger partial charge in [0.1, 0.15) is 0 Å². The number of benzene rings is 1. The molecule has 0 unspecified atom stereocenters. The SMILES string of the molecule is [CH2-][C@H]1CC(COC)(COC)C[C@@H]1[CH-]c1ccccc1.[Zr+2]. The summed E-state index contributed by atoms with van der Waals surface area (Å²) in [6, 6.07) is 10.5. The molecule has 3 heteroatoms. The van der Waals surface area contributed by atoms with Crippen LogP contribution in [0.2, 0.25) is 0 Å². The minimum absolute atomic E-state index is 0. The van der Waals surface area contributed by atoms with Gasteiger partial charge < -0.3 is 16.4 Å². The molecule has 1 aliphatic carbocycles. The first kappa shape index (κ1) is 17.9. The summed E-state index contributed by atoms with van der Waals surface area (Å²) in [6.45, 7) is 5.84. The topological polar surface area (TPSA) is 18.5 Å². The molecule has 108 valence electrons. The van der Waals surface area contributed by atoms with E-state index in [4.69, 9.17) is 9.47 Å². The maximum absolute atomic E-state index is 5.41. The fourth-order valence-corrected chi connectivity index (χ4v) is 3.35. The Kier molecular flexibility index (Phi) is 7.50. The van der Waals surface area contributed by atoms with Crippen LogP contribution in [-0.2, 0) is 35.7 Å². The van der Waals surface area contributed by atoms with Gasteiger partial charge in [0, 0.05) is 19.6 Å². The number of hydrogen-bond donors (Lipinski definition) is 0. The van der Waals surface area contributed by atoms with E-state index < -0.39 is 0 Å². The molecule has 0 bridgehead atoms. The Hall–Kier alpha value is -0.107. The van der Waals surface area contributed by atoms with Crippen LogP contribution in [0.1, 0.15) is 18.4 Å². The molecule has 0 aromatic heterocycles. The maximum atomic E-state index is 5.41. The molecule has 2 rings (SSSR count).